The molecule has 3 aliphatic rings. The lowest BCUT2D eigenvalue weighted by atomic mass is 10.0. The van der Waals surface area contributed by atoms with Gasteiger partial charge in [-0.2, -0.15) is 0 Å². The summed E-state index contributed by atoms with van der Waals surface area (Å²) in [6.07, 6.45) is 0. The summed E-state index contributed by atoms with van der Waals surface area (Å²) in [5, 5.41) is 3.67. The molecule has 88 valence electrons. The fourth-order valence-corrected chi connectivity index (χ4v) is 2.48. The first-order chi connectivity index (χ1) is 7.16. The second kappa shape index (κ2) is 4.81. The minimum atomic E-state index is 0.640. The quantitative estimate of drug-likeness (QED) is 0.735. The largest absolute Gasteiger partial charge is 0.312 e. The summed E-state index contributed by atoms with van der Waals surface area (Å²) in [4.78, 5) is 5.26. The molecule has 0 aromatic rings. The van der Waals surface area contributed by atoms with Crippen LogP contribution in [0.25, 0.3) is 0 Å². The molecular formula is C12H25N3. The van der Waals surface area contributed by atoms with Gasteiger partial charge in [0.1, 0.15) is 0 Å². The molecule has 0 aromatic carbocycles. The first kappa shape index (κ1) is 11.4. The highest BCUT2D eigenvalue weighted by Gasteiger charge is 2.31. The van der Waals surface area contributed by atoms with Gasteiger partial charge in [0.25, 0.3) is 0 Å². The smallest absolute Gasteiger partial charge is 0.0349 e. The fraction of sp³-hybridized carbons (Fsp3) is 1.00. The molecule has 0 spiro atoms. The van der Waals surface area contributed by atoms with E-state index in [0.29, 0.717) is 6.04 Å². The lowest BCUT2D eigenvalue weighted by molar-refractivity contribution is 0.0124. The van der Waals surface area contributed by atoms with Gasteiger partial charge in [0, 0.05) is 51.4 Å². The van der Waals surface area contributed by atoms with Gasteiger partial charge >= 0.3 is 0 Å². The number of piperazine rings is 3. The minimum absolute atomic E-state index is 0.640. The van der Waals surface area contributed by atoms with Crippen LogP contribution in [0.15, 0.2) is 0 Å². The molecule has 3 saturated heterocycles. The zero-order valence-electron chi connectivity index (χ0n) is 10.4. The van der Waals surface area contributed by atoms with Crippen LogP contribution >= 0.6 is 0 Å². The number of hydrogen-bond acceptors (Lipinski definition) is 3. The summed E-state index contributed by atoms with van der Waals surface area (Å²) < 4.78 is 0. The van der Waals surface area contributed by atoms with E-state index in [1.165, 1.54) is 32.7 Å². The van der Waals surface area contributed by atoms with E-state index in [1.807, 2.05) is 0 Å². The molecule has 0 aromatic heterocycles. The van der Waals surface area contributed by atoms with Crippen molar-refractivity contribution in [3.63, 3.8) is 0 Å². The Bertz CT molecular complexity index is 197. The van der Waals surface area contributed by atoms with E-state index in [2.05, 4.69) is 35.9 Å². The van der Waals surface area contributed by atoms with Crippen molar-refractivity contribution in [3.8, 4) is 0 Å². The van der Waals surface area contributed by atoms with Crippen LogP contribution in [-0.4, -0.2) is 61.2 Å². The monoisotopic (exact) mass is 211 g/mol. The molecule has 3 nitrogen and oxygen atoms in total. The van der Waals surface area contributed by atoms with E-state index in [1.54, 1.807) is 0 Å². The molecule has 3 fully saturated rings. The Morgan fingerprint density at radius 3 is 2.27 bits per heavy atom. The first-order valence-corrected chi connectivity index (χ1v) is 6.36. The van der Waals surface area contributed by atoms with Gasteiger partial charge in [-0.1, -0.05) is 13.8 Å². The average molecular weight is 211 g/mol. The van der Waals surface area contributed by atoms with Gasteiger partial charge in [0.2, 0.25) is 0 Å². The van der Waals surface area contributed by atoms with Crippen LogP contribution in [-0.2, 0) is 0 Å². The fourth-order valence-electron chi connectivity index (χ4n) is 2.48. The lowest BCUT2D eigenvalue weighted by Crippen LogP contribution is -2.63. The topological polar surface area (TPSA) is 18.5 Å². The Balaban J connectivity index is 1.75. The predicted molar refractivity (Wildman–Crippen MR) is 64.1 cm³/mol. The maximum Gasteiger partial charge on any atom is 0.0349 e. The Morgan fingerprint density at radius 2 is 1.80 bits per heavy atom. The molecule has 3 rings (SSSR count). The SMILES string of the molecule is CC(C)[C@H](C)NC[C@H]1CN2CCN1CC2. The van der Waals surface area contributed by atoms with Crippen molar-refractivity contribution in [2.45, 2.75) is 32.9 Å². The molecule has 3 heterocycles. The minimum Gasteiger partial charge on any atom is -0.312 e. The second-order valence-corrected chi connectivity index (χ2v) is 5.43. The summed E-state index contributed by atoms with van der Waals surface area (Å²) in [6.45, 7) is 14.4. The van der Waals surface area contributed by atoms with Crippen molar-refractivity contribution < 1.29 is 0 Å². The highest BCUT2D eigenvalue weighted by Crippen LogP contribution is 2.15. The number of rotatable bonds is 4. The van der Waals surface area contributed by atoms with Crippen LogP contribution < -0.4 is 5.32 Å². The lowest BCUT2D eigenvalue weighted by Gasteiger charge is -2.47. The third-order valence-electron chi connectivity index (χ3n) is 4.07. The van der Waals surface area contributed by atoms with Crippen molar-refractivity contribution in [1.29, 1.82) is 0 Å². The zero-order chi connectivity index (χ0) is 10.8. The molecule has 2 bridgehead atoms. The maximum atomic E-state index is 3.67. The summed E-state index contributed by atoms with van der Waals surface area (Å²) in [7, 11) is 0. The van der Waals surface area contributed by atoms with Crippen LogP contribution in [0.2, 0.25) is 0 Å². The van der Waals surface area contributed by atoms with E-state index in [0.717, 1.165) is 18.5 Å². The highest BCUT2D eigenvalue weighted by molar-refractivity contribution is 4.89. The van der Waals surface area contributed by atoms with Crippen molar-refractivity contribution in [2.24, 2.45) is 5.92 Å². The zero-order valence-corrected chi connectivity index (χ0v) is 10.4. The third-order valence-corrected chi connectivity index (χ3v) is 4.07. The van der Waals surface area contributed by atoms with E-state index >= 15 is 0 Å². The number of hydrogen-bond donors (Lipinski definition) is 1. The summed E-state index contributed by atoms with van der Waals surface area (Å²) >= 11 is 0. The van der Waals surface area contributed by atoms with Gasteiger partial charge < -0.3 is 5.32 Å². The molecule has 0 saturated carbocycles. The molecule has 15 heavy (non-hydrogen) atoms. The highest BCUT2D eigenvalue weighted by atomic mass is 15.3. The predicted octanol–water partition coefficient (Wildman–Crippen LogP) is 0.620. The molecule has 3 aliphatic heterocycles. The Hall–Kier alpha value is -0.120. The molecule has 0 unspecified atom stereocenters. The molecule has 0 aliphatic carbocycles. The summed E-state index contributed by atoms with van der Waals surface area (Å²) in [6, 6.07) is 1.40. The number of nitrogens with zero attached hydrogens (tertiary/aromatic N) is 2. The molecule has 2 atom stereocenters. The Kier molecular flexibility index (Phi) is 3.65. The third kappa shape index (κ3) is 2.71. The normalized spacial score (nSPS) is 37.2. The summed E-state index contributed by atoms with van der Waals surface area (Å²) in [5.74, 6) is 0.737. The summed E-state index contributed by atoms with van der Waals surface area (Å²) in [5.41, 5.74) is 0. The Morgan fingerprint density at radius 1 is 1.13 bits per heavy atom. The molecule has 0 radical (unpaired) electrons. The number of fused-ring (bicyclic) bond motifs is 3. The van der Waals surface area contributed by atoms with Crippen LogP contribution in [0.5, 0.6) is 0 Å². The van der Waals surface area contributed by atoms with Crippen molar-refractivity contribution in [3.05, 3.63) is 0 Å². The van der Waals surface area contributed by atoms with Crippen LogP contribution in [0.3, 0.4) is 0 Å². The van der Waals surface area contributed by atoms with Gasteiger partial charge in [-0.3, -0.25) is 9.80 Å². The van der Waals surface area contributed by atoms with Crippen molar-refractivity contribution >= 4 is 0 Å². The van der Waals surface area contributed by atoms with Gasteiger partial charge in [-0.25, -0.2) is 0 Å². The van der Waals surface area contributed by atoms with Crippen molar-refractivity contribution in [1.82, 2.24) is 15.1 Å². The molecule has 1 N–H and O–H groups in total. The van der Waals surface area contributed by atoms with Gasteiger partial charge in [0.15, 0.2) is 0 Å². The van der Waals surface area contributed by atoms with Gasteiger partial charge in [0.05, 0.1) is 0 Å². The van der Waals surface area contributed by atoms with Gasteiger partial charge in [-0.05, 0) is 12.8 Å². The van der Waals surface area contributed by atoms with Gasteiger partial charge in [-0.15, -0.1) is 0 Å². The van der Waals surface area contributed by atoms with Crippen molar-refractivity contribution in [2.75, 3.05) is 39.3 Å². The molecular weight excluding hydrogens is 186 g/mol. The van der Waals surface area contributed by atoms with E-state index < -0.39 is 0 Å². The van der Waals surface area contributed by atoms with E-state index in [4.69, 9.17) is 0 Å². The van der Waals surface area contributed by atoms with E-state index in [-0.39, 0.29) is 0 Å². The number of nitrogens with one attached hydrogen (secondary N) is 1. The maximum absolute atomic E-state index is 3.67. The second-order valence-electron chi connectivity index (χ2n) is 5.43. The molecule has 0 amide bonds. The first-order valence-electron chi connectivity index (χ1n) is 6.36. The van der Waals surface area contributed by atoms with Crippen LogP contribution in [0.1, 0.15) is 20.8 Å². The van der Waals surface area contributed by atoms with Crippen LogP contribution in [0, 0.1) is 5.92 Å². The van der Waals surface area contributed by atoms with Crippen LogP contribution in [0.4, 0.5) is 0 Å². The standard InChI is InChI=1S/C12H25N3/c1-10(2)11(3)13-8-12-9-14-4-6-15(12)7-5-14/h10-13H,4-9H2,1-3H3/t11-,12-/m0/s1. The molecule has 3 heteroatoms. The van der Waals surface area contributed by atoms with E-state index in [9.17, 15) is 0 Å². The Labute approximate surface area is 93.8 Å². The average Bonchev–Trinajstić information content (AvgIpc) is 2.27.